The van der Waals surface area contributed by atoms with Crippen LogP contribution >= 0.6 is 46.0 Å². The molecule has 0 radical (unpaired) electrons. The minimum atomic E-state index is 0.174. The van der Waals surface area contributed by atoms with Crippen molar-refractivity contribution in [3.05, 3.63) is 18.3 Å². The lowest BCUT2D eigenvalue weighted by molar-refractivity contribution is 0.438. The number of H-pyrrole nitrogens is 1. The van der Waals surface area contributed by atoms with E-state index in [0.717, 1.165) is 22.1 Å². The highest BCUT2D eigenvalue weighted by molar-refractivity contribution is 8.68. The zero-order valence-corrected chi connectivity index (χ0v) is 20.4. The SMILES string of the molecule is CCCCCCCCCCCCSc1cc(O)c(Sc2cnc(SS)[nH]2)cc1O. The van der Waals surface area contributed by atoms with E-state index in [9.17, 15) is 10.2 Å². The minimum Gasteiger partial charge on any atom is -0.507 e. The lowest BCUT2D eigenvalue weighted by atomic mass is 10.1. The van der Waals surface area contributed by atoms with Gasteiger partial charge in [-0.05, 0) is 35.1 Å². The molecule has 0 saturated heterocycles. The Balaban J connectivity index is 1.66. The second-order valence-corrected chi connectivity index (χ2v) is 10.4. The highest BCUT2D eigenvalue weighted by Gasteiger charge is 2.12. The summed E-state index contributed by atoms with van der Waals surface area (Å²) in [7, 11) is 1.23. The molecule has 0 aliphatic rings. The summed E-state index contributed by atoms with van der Waals surface area (Å²) >= 11 is 7.04. The second kappa shape index (κ2) is 14.4. The van der Waals surface area contributed by atoms with E-state index >= 15 is 0 Å². The maximum atomic E-state index is 10.3. The molecule has 162 valence electrons. The van der Waals surface area contributed by atoms with Gasteiger partial charge in [-0.2, -0.15) is 0 Å². The average molecular weight is 473 g/mol. The van der Waals surface area contributed by atoms with Gasteiger partial charge in [0.05, 0.1) is 21.0 Å². The number of nitrogens with zero attached hydrogens (tertiary/aromatic N) is 1. The minimum absolute atomic E-state index is 0.174. The molecular weight excluding hydrogens is 441 g/mol. The van der Waals surface area contributed by atoms with Crippen molar-refractivity contribution < 1.29 is 10.2 Å². The van der Waals surface area contributed by atoms with Crippen molar-refractivity contribution in [1.29, 1.82) is 0 Å². The first-order valence-electron chi connectivity index (χ1n) is 10.4. The lowest BCUT2D eigenvalue weighted by Crippen LogP contribution is -1.85. The number of phenols is 2. The Kier molecular flexibility index (Phi) is 12.3. The molecule has 2 aromatic rings. The second-order valence-electron chi connectivity index (χ2n) is 7.06. The van der Waals surface area contributed by atoms with Crippen LogP contribution in [0.15, 0.2) is 38.3 Å². The molecule has 0 unspecified atom stereocenters. The number of aromatic nitrogens is 2. The van der Waals surface area contributed by atoms with Crippen LogP contribution in [-0.4, -0.2) is 25.9 Å². The molecule has 0 bridgehead atoms. The third kappa shape index (κ3) is 9.40. The first-order chi connectivity index (χ1) is 14.1. The number of benzene rings is 1. The molecule has 29 heavy (non-hydrogen) atoms. The molecule has 0 fully saturated rings. The van der Waals surface area contributed by atoms with Gasteiger partial charge in [0.2, 0.25) is 0 Å². The van der Waals surface area contributed by atoms with Gasteiger partial charge in [0.1, 0.15) is 11.5 Å². The van der Waals surface area contributed by atoms with Crippen molar-refractivity contribution in [2.45, 2.75) is 91.1 Å². The van der Waals surface area contributed by atoms with Crippen LogP contribution in [0.4, 0.5) is 0 Å². The van der Waals surface area contributed by atoms with E-state index in [4.69, 9.17) is 0 Å². The smallest absolute Gasteiger partial charge is 0.176 e. The Morgan fingerprint density at radius 1 is 0.897 bits per heavy atom. The number of imidazole rings is 1. The molecule has 1 aromatic heterocycles. The Morgan fingerprint density at radius 3 is 2.10 bits per heavy atom. The molecule has 4 nitrogen and oxygen atoms in total. The number of hydrogen-bond acceptors (Lipinski definition) is 7. The van der Waals surface area contributed by atoms with Crippen LogP contribution in [0, 0.1) is 0 Å². The molecule has 0 saturated carbocycles. The number of thiol groups is 1. The van der Waals surface area contributed by atoms with E-state index in [1.54, 1.807) is 30.1 Å². The molecule has 0 atom stereocenters. The number of aromatic hydroxyl groups is 2. The number of hydrogen-bond donors (Lipinski definition) is 4. The standard InChI is InChI=1S/C21H32N2O2S4/c1-2-3-4-5-6-7-8-9-10-11-12-27-18-13-17(25)19(14-16(18)24)28-20-15-22-21(23-20)29-26/h13-15,24-26H,2-12H2,1H3,(H,22,23). The zero-order valence-electron chi connectivity index (χ0n) is 17.0. The summed E-state index contributed by atoms with van der Waals surface area (Å²) in [6, 6.07) is 3.28. The third-order valence-electron chi connectivity index (χ3n) is 4.63. The van der Waals surface area contributed by atoms with Crippen LogP contribution in [0.25, 0.3) is 0 Å². The Labute approximate surface area is 192 Å². The van der Waals surface area contributed by atoms with Gasteiger partial charge in [-0.3, -0.25) is 0 Å². The monoisotopic (exact) mass is 472 g/mol. The van der Waals surface area contributed by atoms with Crippen LogP contribution in [0.3, 0.4) is 0 Å². The molecule has 2 rings (SSSR count). The molecule has 3 N–H and O–H groups in total. The van der Waals surface area contributed by atoms with E-state index in [1.807, 2.05) is 0 Å². The highest BCUT2D eigenvalue weighted by atomic mass is 33.1. The van der Waals surface area contributed by atoms with Crippen LogP contribution in [0.1, 0.15) is 71.1 Å². The van der Waals surface area contributed by atoms with Gasteiger partial charge < -0.3 is 15.2 Å². The summed E-state index contributed by atoms with van der Waals surface area (Å²) in [6.07, 6.45) is 14.9. The van der Waals surface area contributed by atoms with Gasteiger partial charge >= 0.3 is 0 Å². The number of thioether (sulfide) groups is 1. The van der Waals surface area contributed by atoms with E-state index in [2.05, 4.69) is 28.6 Å². The average Bonchev–Trinajstić information content (AvgIpc) is 3.17. The van der Waals surface area contributed by atoms with Gasteiger partial charge in [0.15, 0.2) is 5.16 Å². The van der Waals surface area contributed by atoms with Crippen molar-refractivity contribution in [2.75, 3.05) is 5.75 Å². The summed E-state index contributed by atoms with van der Waals surface area (Å²) in [5, 5.41) is 22.1. The van der Waals surface area contributed by atoms with E-state index in [1.165, 1.54) is 80.3 Å². The number of unbranched alkanes of at least 4 members (excludes halogenated alkanes) is 9. The fourth-order valence-electron chi connectivity index (χ4n) is 3.01. The van der Waals surface area contributed by atoms with Crippen LogP contribution < -0.4 is 0 Å². The molecule has 0 aliphatic heterocycles. The van der Waals surface area contributed by atoms with Crippen LogP contribution in [0.5, 0.6) is 11.5 Å². The highest BCUT2D eigenvalue weighted by Crippen LogP contribution is 2.41. The van der Waals surface area contributed by atoms with Gasteiger partial charge in [0.25, 0.3) is 0 Å². The van der Waals surface area contributed by atoms with E-state index in [-0.39, 0.29) is 11.5 Å². The van der Waals surface area contributed by atoms with Gasteiger partial charge in [-0.25, -0.2) is 4.98 Å². The molecule has 8 heteroatoms. The molecule has 1 heterocycles. The number of rotatable bonds is 15. The predicted molar refractivity (Wildman–Crippen MR) is 130 cm³/mol. The predicted octanol–water partition coefficient (Wildman–Crippen LogP) is 7.92. The van der Waals surface area contributed by atoms with Gasteiger partial charge in [-0.1, -0.05) is 76.5 Å². The Hall–Kier alpha value is -0.570. The molecule has 0 amide bonds. The van der Waals surface area contributed by atoms with Crippen LogP contribution in [0.2, 0.25) is 0 Å². The van der Waals surface area contributed by atoms with E-state index in [0.29, 0.717) is 10.1 Å². The largest absolute Gasteiger partial charge is 0.507 e. The summed E-state index contributed by atoms with van der Waals surface area (Å²) in [5.41, 5.74) is 0. The third-order valence-corrected chi connectivity index (χ3v) is 7.64. The maximum absolute atomic E-state index is 10.3. The van der Waals surface area contributed by atoms with Crippen molar-refractivity contribution in [1.82, 2.24) is 9.97 Å². The molecule has 1 aromatic carbocycles. The number of phenolic OH excluding ortho intramolecular Hbond substituents is 2. The summed E-state index contributed by atoms with van der Waals surface area (Å²) in [5.74, 6) is 1.35. The molecule has 0 spiro atoms. The van der Waals surface area contributed by atoms with Gasteiger partial charge in [0, 0.05) is 0 Å². The summed E-state index contributed by atoms with van der Waals surface area (Å²) in [6.45, 7) is 2.26. The molecular formula is C21H32N2O2S4. The quantitative estimate of drug-likeness (QED) is 0.0694. The first-order valence-corrected chi connectivity index (χ1v) is 14.0. The van der Waals surface area contributed by atoms with Crippen molar-refractivity contribution >= 4 is 46.0 Å². The van der Waals surface area contributed by atoms with Crippen molar-refractivity contribution in [3.63, 3.8) is 0 Å². The van der Waals surface area contributed by atoms with Crippen molar-refractivity contribution in [2.24, 2.45) is 0 Å². The number of nitrogens with one attached hydrogen (secondary N) is 1. The van der Waals surface area contributed by atoms with Crippen molar-refractivity contribution in [3.8, 4) is 11.5 Å². The zero-order chi connectivity index (χ0) is 20.9. The van der Waals surface area contributed by atoms with E-state index < -0.39 is 0 Å². The van der Waals surface area contributed by atoms with Crippen LogP contribution in [-0.2, 0) is 0 Å². The Bertz CT molecular complexity index is 725. The lowest BCUT2D eigenvalue weighted by Gasteiger charge is -2.09. The fourth-order valence-corrected chi connectivity index (χ4v) is 5.40. The topological polar surface area (TPSA) is 69.1 Å². The molecule has 0 aliphatic carbocycles. The first kappa shape index (κ1) is 24.7. The Morgan fingerprint density at radius 2 is 1.48 bits per heavy atom. The summed E-state index contributed by atoms with van der Waals surface area (Å²) < 4.78 is 0. The number of aromatic amines is 1. The normalized spacial score (nSPS) is 11.2. The fraction of sp³-hybridized carbons (Fsp3) is 0.571. The summed E-state index contributed by atoms with van der Waals surface area (Å²) in [4.78, 5) is 8.58. The van der Waals surface area contributed by atoms with Gasteiger partial charge in [-0.15, -0.1) is 23.4 Å². The maximum Gasteiger partial charge on any atom is 0.176 e.